The van der Waals surface area contributed by atoms with E-state index in [9.17, 15) is 14.7 Å². The molecular weight excluding hydrogens is 316 g/mol. The number of hydrogen-bond acceptors (Lipinski definition) is 4. The number of nitrogens with zero attached hydrogens (tertiary/aromatic N) is 1. The lowest BCUT2D eigenvalue weighted by Gasteiger charge is -2.33. The molecule has 2 rings (SSSR count). The first-order chi connectivity index (χ1) is 9.03. The van der Waals surface area contributed by atoms with E-state index in [2.05, 4.69) is 26.2 Å². The van der Waals surface area contributed by atoms with Gasteiger partial charge in [0.1, 0.15) is 11.2 Å². The van der Waals surface area contributed by atoms with Gasteiger partial charge in [-0.2, -0.15) is 0 Å². The molecule has 0 spiro atoms. The van der Waals surface area contributed by atoms with Crippen molar-refractivity contribution < 1.29 is 19.4 Å². The summed E-state index contributed by atoms with van der Waals surface area (Å²) >= 11 is 3.22. The van der Waals surface area contributed by atoms with Crippen LogP contribution in [-0.2, 0) is 9.53 Å². The Hall–Kier alpha value is -1.47. The Morgan fingerprint density at radius 1 is 1.37 bits per heavy atom. The molecule has 1 aromatic heterocycles. The third-order valence-electron chi connectivity index (χ3n) is 3.07. The van der Waals surface area contributed by atoms with Gasteiger partial charge in [0.05, 0.1) is 0 Å². The Morgan fingerprint density at radius 2 is 2.05 bits per heavy atom. The van der Waals surface area contributed by atoms with Crippen molar-refractivity contribution in [3.8, 4) is 0 Å². The Morgan fingerprint density at radius 3 is 2.58 bits per heavy atom. The van der Waals surface area contributed by atoms with E-state index in [1.807, 2.05) is 0 Å². The first-order valence-electron chi connectivity index (χ1n) is 5.79. The summed E-state index contributed by atoms with van der Waals surface area (Å²) in [6.07, 6.45) is 2.00. The summed E-state index contributed by atoms with van der Waals surface area (Å²) in [5.41, 5.74) is -1.07. The maximum Gasteiger partial charge on any atom is 0.329 e. The predicted molar refractivity (Wildman–Crippen MR) is 69.8 cm³/mol. The van der Waals surface area contributed by atoms with Crippen molar-refractivity contribution in [3.05, 3.63) is 28.5 Å². The van der Waals surface area contributed by atoms with Gasteiger partial charge in [0.25, 0.3) is 5.91 Å². The van der Waals surface area contributed by atoms with Crippen LogP contribution in [-0.4, -0.2) is 40.7 Å². The molecule has 2 N–H and O–H groups in total. The van der Waals surface area contributed by atoms with Gasteiger partial charge in [-0.1, -0.05) is 0 Å². The molecule has 19 heavy (non-hydrogen) atoms. The molecule has 0 aromatic carbocycles. The van der Waals surface area contributed by atoms with Gasteiger partial charge < -0.3 is 15.2 Å². The molecule has 0 aliphatic carbocycles. The van der Waals surface area contributed by atoms with Gasteiger partial charge in [0.2, 0.25) is 0 Å². The summed E-state index contributed by atoms with van der Waals surface area (Å²) < 4.78 is 5.89. The molecule has 1 fully saturated rings. The summed E-state index contributed by atoms with van der Waals surface area (Å²) in [5, 5.41) is 11.9. The second-order valence-electron chi connectivity index (χ2n) is 4.32. The van der Waals surface area contributed by atoms with Crippen LogP contribution in [0.5, 0.6) is 0 Å². The molecule has 7 heteroatoms. The van der Waals surface area contributed by atoms with Gasteiger partial charge in [-0.25, -0.2) is 9.78 Å². The summed E-state index contributed by atoms with van der Waals surface area (Å²) in [6, 6.07) is 3.22. The van der Waals surface area contributed by atoms with E-state index in [1.54, 1.807) is 6.07 Å². The van der Waals surface area contributed by atoms with Gasteiger partial charge in [-0.3, -0.25) is 4.79 Å². The largest absolute Gasteiger partial charge is 0.480 e. The zero-order valence-corrected chi connectivity index (χ0v) is 11.6. The highest BCUT2D eigenvalue weighted by molar-refractivity contribution is 9.10. The Labute approximate surface area is 118 Å². The summed E-state index contributed by atoms with van der Waals surface area (Å²) in [5.74, 6) is -1.53. The van der Waals surface area contributed by atoms with E-state index < -0.39 is 17.4 Å². The van der Waals surface area contributed by atoms with Crippen molar-refractivity contribution in [2.24, 2.45) is 0 Å². The van der Waals surface area contributed by atoms with Crippen LogP contribution in [0.25, 0.3) is 0 Å². The maximum atomic E-state index is 12.0. The third kappa shape index (κ3) is 3.10. The SMILES string of the molecule is O=C(NC1(C(=O)O)CCOCC1)c1ccc(Br)cn1. The molecule has 0 unspecified atom stereocenters. The quantitative estimate of drug-likeness (QED) is 0.870. The van der Waals surface area contributed by atoms with Crippen molar-refractivity contribution >= 4 is 27.8 Å². The van der Waals surface area contributed by atoms with Gasteiger partial charge in [0.15, 0.2) is 0 Å². The van der Waals surface area contributed by atoms with Crippen molar-refractivity contribution in [2.45, 2.75) is 18.4 Å². The monoisotopic (exact) mass is 328 g/mol. The van der Waals surface area contributed by atoms with Crippen molar-refractivity contribution in [2.75, 3.05) is 13.2 Å². The molecule has 0 bridgehead atoms. The fourth-order valence-corrected chi connectivity index (χ4v) is 2.14. The van der Waals surface area contributed by atoms with E-state index in [4.69, 9.17) is 4.74 Å². The molecule has 2 heterocycles. The average Bonchev–Trinajstić information content (AvgIpc) is 2.40. The van der Waals surface area contributed by atoms with Gasteiger partial charge >= 0.3 is 5.97 Å². The number of ether oxygens (including phenoxy) is 1. The van der Waals surface area contributed by atoms with Gasteiger partial charge in [0, 0.05) is 36.7 Å². The van der Waals surface area contributed by atoms with Crippen LogP contribution in [0.15, 0.2) is 22.8 Å². The van der Waals surface area contributed by atoms with E-state index in [1.165, 1.54) is 12.3 Å². The fraction of sp³-hybridized carbons (Fsp3) is 0.417. The Bertz CT molecular complexity index is 483. The molecule has 102 valence electrons. The van der Waals surface area contributed by atoms with Gasteiger partial charge in [-0.05, 0) is 28.1 Å². The summed E-state index contributed by atoms with van der Waals surface area (Å²) in [7, 11) is 0. The average molecular weight is 329 g/mol. The number of pyridine rings is 1. The van der Waals surface area contributed by atoms with Crippen LogP contribution in [0.3, 0.4) is 0 Å². The molecule has 0 radical (unpaired) electrons. The lowest BCUT2D eigenvalue weighted by atomic mass is 9.90. The molecule has 1 amide bonds. The first kappa shape index (κ1) is 14.0. The number of nitrogens with one attached hydrogen (secondary N) is 1. The molecule has 6 nitrogen and oxygen atoms in total. The number of aliphatic carboxylic acids is 1. The minimum absolute atomic E-state index is 0.190. The van der Waals surface area contributed by atoms with Crippen LogP contribution >= 0.6 is 15.9 Å². The lowest BCUT2D eigenvalue weighted by molar-refractivity contribution is -0.148. The van der Waals surface area contributed by atoms with Crippen LogP contribution in [0.1, 0.15) is 23.3 Å². The molecule has 0 saturated carbocycles. The maximum absolute atomic E-state index is 12.0. The molecule has 1 aromatic rings. The highest BCUT2D eigenvalue weighted by Crippen LogP contribution is 2.21. The summed E-state index contributed by atoms with van der Waals surface area (Å²) in [4.78, 5) is 27.4. The topological polar surface area (TPSA) is 88.5 Å². The Balaban J connectivity index is 2.15. The Kier molecular flexibility index (Phi) is 4.16. The summed E-state index contributed by atoms with van der Waals surface area (Å²) in [6.45, 7) is 0.640. The fourth-order valence-electron chi connectivity index (χ4n) is 1.90. The molecule has 1 saturated heterocycles. The smallest absolute Gasteiger partial charge is 0.329 e. The van der Waals surface area contributed by atoms with Crippen LogP contribution in [0.2, 0.25) is 0 Å². The number of carbonyl (C=O) groups excluding carboxylic acids is 1. The van der Waals surface area contributed by atoms with E-state index in [0.29, 0.717) is 13.2 Å². The predicted octanol–water partition coefficient (Wildman–Crippen LogP) is 1.21. The number of aromatic nitrogens is 1. The third-order valence-corrected chi connectivity index (χ3v) is 3.54. The van der Waals surface area contributed by atoms with Crippen LogP contribution in [0.4, 0.5) is 0 Å². The second kappa shape index (κ2) is 5.66. The molecule has 1 aliphatic rings. The molecular formula is C12H13BrN2O4. The number of amides is 1. The number of halogens is 1. The highest BCUT2D eigenvalue weighted by Gasteiger charge is 2.41. The highest BCUT2D eigenvalue weighted by atomic mass is 79.9. The van der Waals surface area contributed by atoms with Crippen LogP contribution in [0, 0.1) is 0 Å². The van der Waals surface area contributed by atoms with Gasteiger partial charge in [-0.15, -0.1) is 0 Å². The number of rotatable bonds is 3. The minimum Gasteiger partial charge on any atom is -0.480 e. The standard InChI is InChI=1S/C12H13BrN2O4/c13-8-1-2-9(14-7-8)10(16)15-12(11(17)18)3-5-19-6-4-12/h1-2,7H,3-6H2,(H,15,16)(H,17,18). The zero-order chi connectivity index (χ0) is 13.9. The van der Waals surface area contributed by atoms with E-state index in [0.717, 1.165) is 4.47 Å². The first-order valence-corrected chi connectivity index (χ1v) is 6.58. The van der Waals surface area contributed by atoms with E-state index in [-0.39, 0.29) is 18.5 Å². The number of carboxylic acid groups (broad SMARTS) is 1. The van der Waals surface area contributed by atoms with Crippen molar-refractivity contribution in [1.82, 2.24) is 10.3 Å². The van der Waals surface area contributed by atoms with Crippen molar-refractivity contribution in [3.63, 3.8) is 0 Å². The second-order valence-corrected chi connectivity index (χ2v) is 5.23. The lowest BCUT2D eigenvalue weighted by Crippen LogP contribution is -2.57. The normalized spacial score (nSPS) is 17.7. The van der Waals surface area contributed by atoms with E-state index >= 15 is 0 Å². The molecule has 1 aliphatic heterocycles. The van der Waals surface area contributed by atoms with Crippen molar-refractivity contribution in [1.29, 1.82) is 0 Å². The minimum atomic E-state index is -1.26. The molecule has 0 atom stereocenters. The number of hydrogen-bond donors (Lipinski definition) is 2. The number of carboxylic acids is 1. The zero-order valence-electron chi connectivity index (χ0n) is 10.1. The number of carbonyl (C=O) groups is 2. The van der Waals surface area contributed by atoms with Crippen LogP contribution < -0.4 is 5.32 Å².